The molecular formula is C18H22N6O3. The summed E-state index contributed by atoms with van der Waals surface area (Å²) in [6.45, 7) is 4.95. The smallest absolute Gasteiger partial charge is 0.409 e. The molecule has 3 rings (SSSR count). The molecule has 0 atom stereocenters. The Labute approximate surface area is 157 Å². The molecule has 9 nitrogen and oxygen atoms in total. The summed E-state index contributed by atoms with van der Waals surface area (Å²) in [6.07, 6.45) is 6.14. The molecule has 1 aliphatic heterocycles. The maximum absolute atomic E-state index is 12.2. The van der Waals surface area contributed by atoms with Gasteiger partial charge >= 0.3 is 6.09 Å². The van der Waals surface area contributed by atoms with Crippen LogP contribution >= 0.6 is 0 Å². The fourth-order valence-electron chi connectivity index (χ4n) is 2.71. The minimum Gasteiger partial charge on any atom is -0.450 e. The van der Waals surface area contributed by atoms with Crippen LogP contribution in [0.15, 0.2) is 36.9 Å². The summed E-state index contributed by atoms with van der Waals surface area (Å²) in [7, 11) is 0. The zero-order valence-electron chi connectivity index (χ0n) is 15.2. The first-order chi connectivity index (χ1) is 13.2. The van der Waals surface area contributed by atoms with Crippen LogP contribution in [0.5, 0.6) is 0 Å². The predicted octanol–water partition coefficient (Wildman–Crippen LogP) is 1.08. The minimum absolute atomic E-state index is 0.257. The van der Waals surface area contributed by atoms with Gasteiger partial charge in [-0.2, -0.15) is 0 Å². The first kappa shape index (κ1) is 18.6. The lowest BCUT2D eigenvalue weighted by atomic mass is 10.3. The minimum atomic E-state index is -0.288. The van der Waals surface area contributed by atoms with Gasteiger partial charge in [-0.15, -0.1) is 0 Å². The molecule has 0 bridgehead atoms. The number of hydrogen-bond acceptors (Lipinski definition) is 7. The van der Waals surface area contributed by atoms with Gasteiger partial charge in [0.05, 0.1) is 19.0 Å². The number of amides is 2. The second-order valence-corrected chi connectivity index (χ2v) is 5.98. The number of hydrogen-bond donors (Lipinski definition) is 1. The quantitative estimate of drug-likeness (QED) is 0.840. The van der Waals surface area contributed by atoms with Gasteiger partial charge in [-0.1, -0.05) is 6.07 Å². The van der Waals surface area contributed by atoms with Crippen LogP contribution in [0.4, 0.5) is 10.6 Å². The summed E-state index contributed by atoms with van der Waals surface area (Å²) in [5, 5.41) is 2.79. The van der Waals surface area contributed by atoms with Crippen molar-refractivity contribution in [2.75, 3.05) is 37.7 Å². The molecular weight excluding hydrogens is 348 g/mol. The molecule has 27 heavy (non-hydrogen) atoms. The van der Waals surface area contributed by atoms with Crippen molar-refractivity contribution in [3.8, 4) is 0 Å². The van der Waals surface area contributed by atoms with Gasteiger partial charge in [0.1, 0.15) is 11.5 Å². The van der Waals surface area contributed by atoms with Crippen LogP contribution in [0, 0.1) is 0 Å². The van der Waals surface area contributed by atoms with Crippen LogP contribution in [0.3, 0.4) is 0 Å². The van der Waals surface area contributed by atoms with Crippen molar-refractivity contribution < 1.29 is 14.3 Å². The summed E-state index contributed by atoms with van der Waals surface area (Å²) >= 11 is 0. The van der Waals surface area contributed by atoms with Crippen LogP contribution in [0.2, 0.25) is 0 Å². The maximum Gasteiger partial charge on any atom is 0.409 e. The molecule has 0 aliphatic carbocycles. The van der Waals surface area contributed by atoms with E-state index in [9.17, 15) is 9.59 Å². The molecule has 2 aromatic rings. The van der Waals surface area contributed by atoms with Gasteiger partial charge in [0.2, 0.25) is 0 Å². The maximum atomic E-state index is 12.2. The molecule has 1 fully saturated rings. The number of anilines is 1. The fourth-order valence-corrected chi connectivity index (χ4v) is 2.71. The molecule has 1 aliphatic rings. The van der Waals surface area contributed by atoms with Crippen molar-refractivity contribution in [1.29, 1.82) is 0 Å². The van der Waals surface area contributed by atoms with E-state index >= 15 is 0 Å². The highest BCUT2D eigenvalue weighted by molar-refractivity contribution is 5.91. The number of rotatable bonds is 5. The second-order valence-electron chi connectivity index (χ2n) is 5.98. The summed E-state index contributed by atoms with van der Waals surface area (Å²) in [6, 6.07) is 3.70. The average molecular weight is 370 g/mol. The fraction of sp³-hybridized carbons (Fsp3) is 0.389. The van der Waals surface area contributed by atoms with Gasteiger partial charge in [-0.25, -0.2) is 14.8 Å². The van der Waals surface area contributed by atoms with Gasteiger partial charge in [0.25, 0.3) is 5.91 Å². The van der Waals surface area contributed by atoms with Crippen LogP contribution in [-0.4, -0.2) is 64.6 Å². The third-order valence-electron chi connectivity index (χ3n) is 4.18. The number of piperazine rings is 1. The van der Waals surface area contributed by atoms with Crippen molar-refractivity contribution in [3.63, 3.8) is 0 Å². The Balaban J connectivity index is 1.51. The van der Waals surface area contributed by atoms with Crippen LogP contribution in [0.1, 0.15) is 23.0 Å². The molecule has 2 aromatic heterocycles. The topological polar surface area (TPSA) is 101 Å². The van der Waals surface area contributed by atoms with E-state index in [1.165, 1.54) is 6.20 Å². The van der Waals surface area contributed by atoms with E-state index in [-0.39, 0.29) is 17.7 Å². The Kier molecular flexibility index (Phi) is 6.14. The Morgan fingerprint density at radius 1 is 1.15 bits per heavy atom. The summed E-state index contributed by atoms with van der Waals surface area (Å²) in [5.41, 5.74) is 1.17. The SMILES string of the molecule is CCOC(=O)N1CCN(c2cnc(C(=O)NCc3cccnc3)cn2)CC1. The van der Waals surface area contributed by atoms with Gasteiger partial charge in [0.15, 0.2) is 0 Å². The zero-order valence-corrected chi connectivity index (χ0v) is 15.2. The first-order valence-corrected chi connectivity index (χ1v) is 8.83. The molecule has 1 N–H and O–H groups in total. The second kappa shape index (κ2) is 8.93. The highest BCUT2D eigenvalue weighted by atomic mass is 16.6. The molecule has 2 amide bonds. The number of nitrogens with one attached hydrogen (secondary N) is 1. The van der Waals surface area contributed by atoms with Crippen molar-refractivity contribution >= 4 is 17.8 Å². The van der Waals surface area contributed by atoms with Crippen LogP contribution in [-0.2, 0) is 11.3 Å². The van der Waals surface area contributed by atoms with Gasteiger partial charge in [-0.05, 0) is 18.6 Å². The third-order valence-corrected chi connectivity index (χ3v) is 4.18. The van der Waals surface area contributed by atoms with Crippen molar-refractivity contribution in [2.45, 2.75) is 13.5 Å². The van der Waals surface area contributed by atoms with E-state index < -0.39 is 0 Å². The lowest BCUT2D eigenvalue weighted by Gasteiger charge is -2.34. The average Bonchev–Trinajstić information content (AvgIpc) is 2.73. The number of nitrogens with zero attached hydrogens (tertiary/aromatic N) is 5. The van der Waals surface area contributed by atoms with Crippen LogP contribution < -0.4 is 10.2 Å². The third kappa shape index (κ3) is 4.90. The van der Waals surface area contributed by atoms with Crippen molar-refractivity contribution in [2.24, 2.45) is 0 Å². The molecule has 0 saturated carbocycles. The Hall–Kier alpha value is -3.23. The highest BCUT2D eigenvalue weighted by Gasteiger charge is 2.23. The van der Waals surface area contributed by atoms with Gasteiger partial charge < -0.3 is 19.9 Å². The molecule has 0 aromatic carbocycles. The highest BCUT2D eigenvalue weighted by Crippen LogP contribution is 2.13. The molecule has 9 heteroatoms. The monoisotopic (exact) mass is 370 g/mol. The van der Waals surface area contributed by atoms with Gasteiger partial charge in [-0.3, -0.25) is 9.78 Å². The summed E-state index contributed by atoms with van der Waals surface area (Å²) in [4.78, 5) is 40.2. The zero-order chi connectivity index (χ0) is 19.1. The van der Waals surface area contributed by atoms with Crippen LogP contribution in [0.25, 0.3) is 0 Å². The van der Waals surface area contributed by atoms with E-state index in [0.717, 1.165) is 5.56 Å². The van der Waals surface area contributed by atoms with E-state index in [1.807, 2.05) is 17.0 Å². The standard InChI is InChI=1S/C18H22N6O3/c1-2-27-18(26)24-8-6-23(7-9-24)16-13-20-15(12-21-16)17(25)22-11-14-4-3-5-19-10-14/h3-5,10,12-13H,2,6-9,11H2,1H3,(H,22,25). The Morgan fingerprint density at radius 2 is 1.96 bits per heavy atom. The lowest BCUT2D eigenvalue weighted by molar-refractivity contribution is 0.0944. The molecule has 142 valence electrons. The normalized spacial score (nSPS) is 14.0. The Bertz CT molecular complexity index is 760. The number of carbonyl (C=O) groups is 2. The number of carbonyl (C=O) groups excluding carboxylic acids is 2. The van der Waals surface area contributed by atoms with E-state index in [0.29, 0.717) is 45.1 Å². The van der Waals surface area contributed by atoms with E-state index in [1.54, 1.807) is 30.4 Å². The molecule has 3 heterocycles. The summed E-state index contributed by atoms with van der Waals surface area (Å²) in [5.74, 6) is 0.396. The molecule has 0 spiro atoms. The van der Waals surface area contributed by atoms with Gasteiger partial charge in [0, 0.05) is 45.1 Å². The van der Waals surface area contributed by atoms with Crippen molar-refractivity contribution in [3.05, 3.63) is 48.2 Å². The first-order valence-electron chi connectivity index (χ1n) is 8.83. The van der Waals surface area contributed by atoms with E-state index in [4.69, 9.17) is 4.74 Å². The summed E-state index contributed by atoms with van der Waals surface area (Å²) < 4.78 is 5.01. The molecule has 1 saturated heterocycles. The number of aromatic nitrogens is 3. The molecule has 0 unspecified atom stereocenters. The Morgan fingerprint density at radius 3 is 2.59 bits per heavy atom. The largest absolute Gasteiger partial charge is 0.450 e. The van der Waals surface area contributed by atoms with Crippen molar-refractivity contribution in [1.82, 2.24) is 25.2 Å². The van der Waals surface area contributed by atoms with E-state index in [2.05, 4.69) is 20.3 Å². The lowest BCUT2D eigenvalue weighted by Crippen LogP contribution is -2.49. The number of ether oxygens (including phenoxy) is 1. The number of pyridine rings is 1. The predicted molar refractivity (Wildman–Crippen MR) is 98.2 cm³/mol. The molecule has 0 radical (unpaired) electrons.